The van der Waals surface area contributed by atoms with Gasteiger partial charge in [0.2, 0.25) is 0 Å². The van der Waals surface area contributed by atoms with E-state index in [0.29, 0.717) is 27.6 Å². The maximum absolute atomic E-state index is 14.3. The molecule has 0 bridgehead atoms. The fourth-order valence-electron chi connectivity index (χ4n) is 2.76. The van der Waals surface area contributed by atoms with Crippen molar-refractivity contribution in [3.63, 3.8) is 0 Å². The highest BCUT2D eigenvalue weighted by Gasteiger charge is 2.19. The van der Waals surface area contributed by atoms with Crippen molar-refractivity contribution >= 4 is 45.7 Å². The Hall–Kier alpha value is -1.02. The molecule has 4 nitrogen and oxygen atoms in total. The molecule has 2 aromatic rings. The van der Waals surface area contributed by atoms with Crippen molar-refractivity contribution in [1.29, 1.82) is 0 Å². The first-order valence-electron chi connectivity index (χ1n) is 7.92. The third-order valence-electron chi connectivity index (χ3n) is 4.17. The zero-order valence-electron chi connectivity index (χ0n) is 13.1. The van der Waals surface area contributed by atoms with Gasteiger partial charge in [-0.05, 0) is 55.7 Å². The number of thiazole rings is 1. The van der Waals surface area contributed by atoms with E-state index in [2.05, 4.69) is 15.0 Å². The molecule has 8 heteroatoms. The first-order valence-corrected chi connectivity index (χ1v) is 10.00. The van der Waals surface area contributed by atoms with Gasteiger partial charge in [0.25, 0.3) is 0 Å². The Morgan fingerprint density at radius 1 is 1.33 bits per heavy atom. The Labute approximate surface area is 154 Å². The number of hydrogen-bond donors (Lipinski definition) is 3. The van der Waals surface area contributed by atoms with Gasteiger partial charge in [0, 0.05) is 24.2 Å². The van der Waals surface area contributed by atoms with Crippen molar-refractivity contribution in [2.75, 3.05) is 16.6 Å². The molecule has 0 aliphatic heterocycles. The quantitative estimate of drug-likeness (QED) is 0.611. The monoisotopic (exact) mass is 386 g/mol. The summed E-state index contributed by atoms with van der Waals surface area (Å²) >= 11 is 8.93. The maximum Gasteiger partial charge on any atom is 0.192 e. The Bertz CT molecular complexity index is 660. The first-order chi connectivity index (χ1) is 11.6. The standard InChI is InChI=1S/C16H20ClFN4S2/c17-12-7-15(24-22-16-20-5-6-23-16)13(18)8-14(12)21-9-10-1-3-11(19)4-2-10/h5-8,10-11,21H,1-4,9,19H2,(H,20,22). The fourth-order valence-corrected chi connectivity index (χ4v) is 4.33. The minimum atomic E-state index is -0.304. The van der Waals surface area contributed by atoms with Crippen LogP contribution in [0, 0.1) is 11.7 Å². The minimum absolute atomic E-state index is 0.304. The predicted octanol–water partition coefficient (Wildman–Crippen LogP) is 4.98. The molecule has 24 heavy (non-hydrogen) atoms. The van der Waals surface area contributed by atoms with Crippen LogP contribution < -0.4 is 15.8 Å². The van der Waals surface area contributed by atoms with E-state index in [9.17, 15) is 4.39 Å². The van der Waals surface area contributed by atoms with Crippen LogP contribution in [0.5, 0.6) is 0 Å². The van der Waals surface area contributed by atoms with Crippen LogP contribution in [0.3, 0.4) is 0 Å². The number of nitrogens with one attached hydrogen (secondary N) is 2. The lowest BCUT2D eigenvalue weighted by atomic mass is 9.86. The van der Waals surface area contributed by atoms with Crippen LogP contribution >= 0.6 is 34.9 Å². The predicted molar refractivity (Wildman–Crippen MR) is 101 cm³/mol. The average Bonchev–Trinajstić information content (AvgIpc) is 3.09. The highest BCUT2D eigenvalue weighted by atomic mass is 35.5. The van der Waals surface area contributed by atoms with Gasteiger partial charge in [-0.1, -0.05) is 11.6 Å². The van der Waals surface area contributed by atoms with Gasteiger partial charge < -0.3 is 15.8 Å². The van der Waals surface area contributed by atoms with Crippen LogP contribution in [0.25, 0.3) is 0 Å². The Kier molecular flexibility index (Phi) is 6.21. The van der Waals surface area contributed by atoms with Crippen LogP contribution in [-0.4, -0.2) is 17.6 Å². The fraction of sp³-hybridized carbons (Fsp3) is 0.438. The van der Waals surface area contributed by atoms with E-state index in [0.717, 1.165) is 37.4 Å². The lowest BCUT2D eigenvalue weighted by Crippen LogP contribution is -2.29. The molecule has 0 saturated heterocycles. The van der Waals surface area contributed by atoms with Crippen LogP contribution in [0.1, 0.15) is 25.7 Å². The van der Waals surface area contributed by atoms with E-state index in [-0.39, 0.29) is 5.82 Å². The molecule has 1 fully saturated rings. The molecule has 1 heterocycles. The molecule has 3 rings (SSSR count). The maximum atomic E-state index is 14.3. The summed E-state index contributed by atoms with van der Waals surface area (Å²) in [5.74, 6) is 0.270. The van der Waals surface area contributed by atoms with Gasteiger partial charge in [0.1, 0.15) is 5.82 Å². The summed E-state index contributed by atoms with van der Waals surface area (Å²) in [6.45, 7) is 0.801. The molecular weight excluding hydrogens is 367 g/mol. The second-order valence-corrected chi connectivity index (χ2v) is 8.12. The van der Waals surface area contributed by atoms with E-state index in [1.54, 1.807) is 12.3 Å². The smallest absolute Gasteiger partial charge is 0.192 e. The van der Waals surface area contributed by atoms with Crippen LogP contribution in [0.4, 0.5) is 15.2 Å². The summed E-state index contributed by atoms with van der Waals surface area (Å²) < 4.78 is 17.3. The number of nitrogens with zero attached hydrogens (tertiary/aromatic N) is 1. The second-order valence-electron chi connectivity index (χ2n) is 5.97. The summed E-state index contributed by atoms with van der Waals surface area (Å²) in [6, 6.07) is 3.44. The van der Waals surface area contributed by atoms with Crippen molar-refractivity contribution in [2.24, 2.45) is 11.7 Å². The molecule has 0 unspecified atom stereocenters. The largest absolute Gasteiger partial charge is 0.383 e. The highest BCUT2D eigenvalue weighted by molar-refractivity contribution is 8.00. The number of halogens is 2. The molecule has 130 valence electrons. The SMILES string of the molecule is NC1CCC(CNc2cc(F)c(SNc3nccs3)cc2Cl)CC1. The van der Waals surface area contributed by atoms with E-state index >= 15 is 0 Å². The van der Waals surface area contributed by atoms with Gasteiger partial charge in [-0.25, -0.2) is 9.37 Å². The van der Waals surface area contributed by atoms with Gasteiger partial charge in [-0.2, -0.15) is 0 Å². The second kappa shape index (κ2) is 8.38. The van der Waals surface area contributed by atoms with Gasteiger partial charge in [0.05, 0.1) is 15.6 Å². The topological polar surface area (TPSA) is 63.0 Å². The van der Waals surface area contributed by atoms with E-state index in [1.807, 2.05) is 5.38 Å². The van der Waals surface area contributed by atoms with Gasteiger partial charge in [0.15, 0.2) is 5.13 Å². The van der Waals surface area contributed by atoms with Crippen molar-refractivity contribution in [2.45, 2.75) is 36.6 Å². The number of nitrogens with two attached hydrogens (primary N) is 1. The third-order valence-corrected chi connectivity index (χ3v) is 6.13. The van der Waals surface area contributed by atoms with Crippen LogP contribution in [-0.2, 0) is 0 Å². The van der Waals surface area contributed by atoms with Crippen molar-refractivity contribution in [3.8, 4) is 0 Å². The summed E-state index contributed by atoms with van der Waals surface area (Å²) in [6.07, 6.45) is 6.04. The van der Waals surface area contributed by atoms with E-state index in [1.165, 1.54) is 29.4 Å². The molecule has 1 aliphatic carbocycles. The lowest BCUT2D eigenvalue weighted by molar-refractivity contribution is 0.339. The zero-order valence-corrected chi connectivity index (χ0v) is 15.5. The summed E-state index contributed by atoms with van der Waals surface area (Å²) in [5.41, 5.74) is 6.57. The molecule has 1 aromatic heterocycles. The number of hydrogen-bond acceptors (Lipinski definition) is 6. The molecule has 4 N–H and O–H groups in total. The van der Waals surface area contributed by atoms with E-state index < -0.39 is 0 Å². The molecular formula is C16H20ClFN4S2. The van der Waals surface area contributed by atoms with Crippen molar-refractivity contribution in [1.82, 2.24) is 4.98 Å². The molecule has 0 spiro atoms. The lowest BCUT2D eigenvalue weighted by Gasteiger charge is -2.26. The number of aromatic nitrogens is 1. The number of anilines is 2. The van der Waals surface area contributed by atoms with Gasteiger partial charge in [-0.3, -0.25) is 0 Å². The molecule has 0 radical (unpaired) electrons. The van der Waals surface area contributed by atoms with Gasteiger partial charge in [-0.15, -0.1) is 11.3 Å². The first kappa shape index (κ1) is 17.8. The van der Waals surface area contributed by atoms with Crippen molar-refractivity contribution in [3.05, 3.63) is 34.5 Å². The average molecular weight is 387 g/mol. The Balaban J connectivity index is 1.57. The summed E-state index contributed by atoms with van der Waals surface area (Å²) in [4.78, 5) is 4.55. The Morgan fingerprint density at radius 3 is 2.83 bits per heavy atom. The van der Waals surface area contributed by atoms with Gasteiger partial charge >= 0.3 is 0 Å². The summed E-state index contributed by atoms with van der Waals surface area (Å²) in [7, 11) is 0. The molecule has 0 atom stereocenters. The van der Waals surface area contributed by atoms with Crippen molar-refractivity contribution < 1.29 is 4.39 Å². The van der Waals surface area contributed by atoms with E-state index in [4.69, 9.17) is 17.3 Å². The number of benzene rings is 1. The Morgan fingerprint density at radius 2 is 2.12 bits per heavy atom. The number of rotatable bonds is 6. The molecule has 1 saturated carbocycles. The molecule has 1 aromatic carbocycles. The minimum Gasteiger partial charge on any atom is -0.383 e. The normalized spacial score (nSPS) is 20.8. The molecule has 0 amide bonds. The zero-order chi connectivity index (χ0) is 16.9. The van der Waals surface area contributed by atoms with Crippen LogP contribution in [0.15, 0.2) is 28.6 Å². The molecule has 1 aliphatic rings. The summed E-state index contributed by atoms with van der Waals surface area (Å²) in [5, 5.41) is 6.39. The highest BCUT2D eigenvalue weighted by Crippen LogP contribution is 2.33. The van der Waals surface area contributed by atoms with Crippen LogP contribution in [0.2, 0.25) is 5.02 Å². The third kappa shape index (κ3) is 4.75.